The maximum Gasteiger partial charge on any atom is 0.212 e. The van der Waals surface area contributed by atoms with E-state index >= 15 is 0 Å². The van der Waals surface area contributed by atoms with E-state index in [0.29, 0.717) is 22.8 Å². The van der Waals surface area contributed by atoms with Crippen molar-refractivity contribution < 1.29 is 4.74 Å². The van der Waals surface area contributed by atoms with Crippen molar-refractivity contribution in [1.29, 1.82) is 5.26 Å². The van der Waals surface area contributed by atoms with Crippen molar-refractivity contribution in [3.05, 3.63) is 52.4 Å². The van der Waals surface area contributed by atoms with Crippen LogP contribution in [0, 0.1) is 16.1 Å². The molecule has 0 spiro atoms. The monoisotopic (exact) mass is 296 g/mol. The Bertz CT molecular complexity index is 887. The van der Waals surface area contributed by atoms with Gasteiger partial charge in [0.15, 0.2) is 4.77 Å². The smallest absolute Gasteiger partial charge is 0.212 e. The molecule has 2 heterocycles. The van der Waals surface area contributed by atoms with Crippen molar-refractivity contribution in [2.45, 2.75) is 6.54 Å². The van der Waals surface area contributed by atoms with E-state index in [1.54, 1.807) is 19.4 Å². The summed E-state index contributed by atoms with van der Waals surface area (Å²) in [5.41, 5.74) is 3.28. The fourth-order valence-corrected chi connectivity index (χ4v) is 2.50. The summed E-state index contributed by atoms with van der Waals surface area (Å²) in [5, 5.41) is 9.15. The lowest BCUT2D eigenvalue weighted by Gasteiger charge is -2.05. The Balaban J connectivity index is 2.06. The number of para-hydroxylation sites is 1. The molecular formula is C15H12N4OS. The van der Waals surface area contributed by atoms with Gasteiger partial charge in [0.25, 0.3) is 0 Å². The standard InChI is InChI=1S/C15H12N4OS/c1-20-13-6-5-10(8-17-13)9-19-12-4-2-3-11(7-16)14(12)18-15(19)21/h2-6,8H,9H2,1H3,(H,18,21). The molecule has 0 saturated heterocycles. The number of H-pyrrole nitrogens is 1. The number of benzene rings is 1. The van der Waals surface area contributed by atoms with E-state index in [0.717, 1.165) is 16.6 Å². The summed E-state index contributed by atoms with van der Waals surface area (Å²) in [5.74, 6) is 0.577. The first-order chi connectivity index (χ1) is 10.2. The Kier molecular flexibility index (Phi) is 3.42. The molecule has 2 aromatic heterocycles. The number of nitriles is 1. The summed E-state index contributed by atoms with van der Waals surface area (Å²) in [6, 6.07) is 11.5. The molecule has 21 heavy (non-hydrogen) atoms. The number of methoxy groups -OCH3 is 1. The fourth-order valence-electron chi connectivity index (χ4n) is 2.24. The molecule has 0 bridgehead atoms. The normalized spacial score (nSPS) is 10.5. The Morgan fingerprint density at radius 3 is 2.90 bits per heavy atom. The summed E-state index contributed by atoms with van der Waals surface area (Å²) in [7, 11) is 1.58. The van der Waals surface area contributed by atoms with Crippen LogP contribution in [-0.2, 0) is 6.54 Å². The van der Waals surface area contributed by atoms with Gasteiger partial charge in [-0.3, -0.25) is 0 Å². The molecule has 0 radical (unpaired) electrons. The van der Waals surface area contributed by atoms with Crippen molar-refractivity contribution in [2.75, 3.05) is 7.11 Å². The molecule has 0 aliphatic rings. The Labute approximate surface area is 126 Å². The second-order valence-corrected chi connectivity index (χ2v) is 4.92. The van der Waals surface area contributed by atoms with Crippen LogP contribution < -0.4 is 4.74 Å². The molecule has 0 fully saturated rings. The quantitative estimate of drug-likeness (QED) is 0.754. The summed E-state index contributed by atoms with van der Waals surface area (Å²) in [6.45, 7) is 0.588. The Morgan fingerprint density at radius 2 is 2.24 bits per heavy atom. The highest BCUT2D eigenvalue weighted by atomic mass is 32.1. The van der Waals surface area contributed by atoms with Crippen LogP contribution in [0.15, 0.2) is 36.5 Å². The van der Waals surface area contributed by atoms with Crippen LogP contribution >= 0.6 is 12.2 Å². The second-order valence-electron chi connectivity index (χ2n) is 4.54. The van der Waals surface area contributed by atoms with Gasteiger partial charge >= 0.3 is 0 Å². The van der Waals surface area contributed by atoms with Gasteiger partial charge in [-0.25, -0.2) is 4.98 Å². The van der Waals surface area contributed by atoms with E-state index in [-0.39, 0.29) is 0 Å². The molecule has 104 valence electrons. The summed E-state index contributed by atoms with van der Waals surface area (Å²) < 4.78 is 7.59. The molecule has 5 nitrogen and oxygen atoms in total. The molecule has 0 atom stereocenters. The largest absolute Gasteiger partial charge is 0.481 e. The molecular weight excluding hydrogens is 284 g/mol. The SMILES string of the molecule is COc1ccc(Cn2c(=S)[nH]c3c(C#N)cccc32)cn1. The number of hydrogen-bond acceptors (Lipinski definition) is 4. The van der Waals surface area contributed by atoms with E-state index < -0.39 is 0 Å². The number of nitrogens with one attached hydrogen (secondary N) is 1. The molecule has 0 aliphatic carbocycles. The predicted molar refractivity (Wildman–Crippen MR) is 81.7 cm³/mol. The molecule has 6 heteroatoms. The van der Waals surface area contributed by atoms with Gasteiger partial charge in [0.05, 0.1) is 30.3 Å². The highest BCUT2D eigenvalue weighted by Gasteiger charge is 2.08. The minimum Gasteiger partial charge on any atom is -0.481 e. The second kappa shape index (κ2) is 5.38. The number of aromatic nitrogens is 3. The maximum atomic E-state index is 9.15. The van der Waals surface area contributed by atoms with Gasteiger partial charge < -0.3 is 14.3 Å². The third kappa shape index (κ3) is 2.39. The van der Waals surface area contributed by atoms with Crippen molar-refractivity contribution in [1.82, 2.24) is 14.5 Å². The van der Waals surface area contributed by atoms with Crippen LogP contribution in [0.5, 0.6) is 5.88 Å². The van der Waals surface area contributed by atoms with Crippen LogP contribution in [-0.4, -0.2) is 21.6 Å². The van der Waals surface area contributed by atoms with Crippen LogP contribution in [0.25, 0.3) is 11.0 Å². The van der Waals surface area contributed by atoms with E-state index in [9.17, 15) is 0 Å². The van der Waals surface area contributed by atoms with Gasteiger partial charge in [-0.05, 0) is 29.9 Å². The average Bonchev–Trinajstić information content (AvgIpc) is 2.84. The number of fused-ring (bicyclic) bond motifs is 1. The zero-order valence-corrected chi connectivity index (χ0v) is 12.1. The van der Waals surface area contributed by atoms with Gasteiger partial charge in [-0.1, -0.05) is 12.1 Å². The molecule has 0 amide bonds. The van der Waals surface area contributed by atoms with E-state index in [1.165, 1.54) is 0 Å². The summed E-state index contributed by atoms with van der Waals surface area (Å²) in [6.07, 6.45) is 1.76. The number of pyridine rings is 1. The average molecular weight is 296 g/mol. The first-order valence-electron chi connectivity index (χ1n) is 6.33. The van der Waals surface area contributed by atoms with Gasteiger partial charge in [-0.2, -0.15) is 5.26 Å². The first kappa shape index (κ1) is 13.3. The zero-order chi connectivity index (χ0) is 14.8. The van der Waals surface area contributed by atoms with E-state index in [4.69, 9.17) is 22.2 Å². The number of aromatic amines is 1. The molecule has 1 aromatic carbocycles. The first-order valence-corrected chi connectivity index (χ1v) is 6.74. The Hall–Kier alpha value is -2.65. The van der Waals surface area contributed by atoms with Gasteiger partial charge in [0.1, 0.15) is 6.07 Å². The lowest BCUT2D eigenvalue weighted by atomic mass is 10.2. The minimum absolute atomic E-state index is 0.577. The zero-order valence-electron chi connectivity index (χ0n) is 11.3. The van der Waals surface area contributed by atoms with Crippen molar-refractivity contribution >= 4 is 23.3 Å². The van der Waals surface area contributed by atoms with Crippen molar-refractivity contribution in [3.63, 3.8) is 0 Å². The highest BCUT2D eigenvalue weighted by Crippen LogP contribution is 2.19. The summed E-state index contributed by atoms with van der Waals surface area (Å²) >= 11 is 5.36. The molecule has 0 saturated carbocycles. The molecule has 3 rings (SSSR count). The van der Waals surface area contributed by atoms with Gasteiger partial charge in [0, 0.05) is 12.3 Å². The van der Waals surface area contributed by atoms with Crippen LogP contribution in [0.2, 0.25) is 0 Å². The maximum absolute atomic E-state index is 9.15. The number of nitrogens with zero attached hydrogens (tertiary/aromatic N) is 3. The van der Waals surface area contributed by atoms with Gasteiger partial charge in [0.2, 0.25) is 5.88 Å². The van der Waals surface area contributed by atoms with Crippen LogP contribution in [0.1, 0.15) is 11.1 Å². The Morgan fingerprint density at radius 1 is 1.38 bits per heavy atom. The number of rotatable bonds is 3. The molecule has 1 N–H and O–H groups in total. The third-order valence-electron chi connectivity index (χ3n) is 3.28. The number of imidazole rings is 1. The predicted octanol–water partition coefficient (Wildman–Crippen LogP) is 3.02. The number of hydrogen-bond donors (Lipinski definition) is 1. The molecule has 3 aromatic rings. The summed E-state index contributed by atoms with van der Waals surface area (Å²) in [4.78, 5) is 7.29. The lowest BCUT2D eigenvalue weighted by Crippen LogP contribution is -2.00. The van der Waals surface area contributed by atoms with Crippen molar-refractivity contribution in [3.8, 4) is 11.9 Å². The van der Waals surface area contributed by atoms with Crippen LogP contribution in [0.3, 0.4) is 0 Å². The highest BCUT2D eigenvalue weighted by molar-refractivity contribution is 7.71. The lowest BCUT2D eigenvalue weighted by molar-refractivity contribution is 0.397. The molecule has 0 unspecified atom stereocenters. The van der Waals surface area contributed by atoms with E-state index in [1.807, 2.05) is 28.8 Å². The molecule has 0 aliphatic heterocycles. The van der Waals surface area contributed by atoms with Crippen molar-refractivity contribution in [2.24, 2.45) is 0 Å². The third-order valence-corrected chi connectivity index (χ3v) is 3.60. The van der Waals surface area contributed by atoms with Crippen LogP contribution in [0.4, 0.5) is 0 Å². The number of ether oxygens (including phenoxy) is 1. The fraction of sp³-hybridized carbons (Fsp3) is 0.133. The minimum atomic E-state index is 0.577. The van der Waals surface area contributed by atoms with E-state index in [2.05, 4.69) is 16.0 Å². The topological polar surface area (TPSA) is 66.6 Å². The van der Waals surface area contributed by atoms with Gasteiger partial charge in [-0.15, -0.1) is 0 Å².